The number of carboxylic acid groups (broad SMARTS) is 1. The standard InChI is InChI=1S/C8H9NO4/c9-13-7(8(11)12)5-2-1-3-6(10)4-5/h1-4,7,10H,9H2,(H,11,12). The van der Waals surface area contributed by atoms with E-state index in [4.69, 9.17) is 16.1 Å². The molecule has 1 unspecified atom stereocenters. The Hall–Kier alpha value is -1.59. The molecule has 1 atom stereocenters. The number of aromatic hydroxyl groups is 1. The van der Waals surface area contributed by atoms with Crippen LogP contribution in [0.3, 0.4) is 0 Å². The molecule has 1 rings (SSSR count). The monoisotopic (exact) mass is 183 g/mol. The molecule has 5 nitrogen and oxygen atoms in total. The molecule has 0 heterocycles. The molecule has 0 aliphatic heterocycles. The van der Waals surface area contributed by atoms with Crippen LogP contribution in [0, 0.1) is 0 Å². The van der Waals surface area contributed by atoms with Gasteiger partial charge >= 0.3 is 5.97 Å². The Labute approximate surface area is 74.3 Å². The number of hydrogen-bond acceptors (Lipinski definition) is 4. The lowest BCUT2D eigenvalue weighted by Gasteiger charge is -2.09. The number of aliphatic carboxylic acids is 1. The first-order valence-electron chi connectivity index (χ1n) is 3.52. The molecule has 4 N–H and O–H groups in total. The highest BCUT2D eigenvalue weighted by Crippen LogP contribution is 2.19. The number of nitrogens with two attached hydrogens (primary N) is 1. The van der Waals surface area contributed by atoms with E-state index in [1.165, 1.54) is 24.3 Å². The molecule has 0 saturated carbocycles. The van der Waals surface area contributed by atoms with E-state index in [0.29, 0.717) is 5.56 Å². The normalized spacial score (nSPS) is 12.4. The molecule has 0 saturated heterocycles. The van der Waals surface area contributed by atoms with Crippen molar-refractivity contribution in [2.24, 2.45) is 5.90 Å². The van der Waals surface area contributed by atoms with Gasteiger partial charge in [-0.3, -0.25) is 4.84 Å². The van der Waals surface area contributed by atoms with Crippen molar-refractivity contribution in [3.63, 3.8) is 0 Å². The summed E-state index contributed by atoms with van der Waals surface area (Å²) in [5, 5.41) is 17.7. The maximum atomic E-state index is 10.6. The summed E-state index contributed by atoms with van der Waals surface area (Å²) in [6.45, 7) is 0. The molecule has 13 heavy (non-hydrogen) atoms. The minimum Gasteiger partial charge on any atom is -0.508 e. The third kappa shape index (κ3) is 2.17. The molecule has 0 amide bonds. The summed E-state index contributed by atoms with van der Waals surface area (Å²) in [6.07, 6.45) is -1.24. The van der Waals surface area contributed by atoms with Crippen LogP contribution < -0.4 is 5.90 Å². The molecule has 0 aliphatic carbocycles. The lowest BCUT2D eigenvalue weighted by Crippen LogP contribution is -2.18. The second-order valence-electron chi connectivity index (χ2n) is 2.45. The predicted octanol–water partition coefficient (Wildman–Crippen LogP) is 0.408. The molecular formula is C8H9NO4. The Balaban J connectivity index is 2.98. The van der Waals surface area contributed by atoms with Crippen molar-refractivity contribution in [2.75, 3.05) is 0 Å². The van der Waals surface area contributed by atoms with Crippen LogP contribution in [0.25, 0.3) is 0 Å². The summed E-state index contributed by atoms with van der Waals surface area (Å²) >= 11 is 0. The summed E-state index contributed by atoms with van der Waals surface area (Å²) in [6, 6.07) is 5.73. The van der Waals surface area contributed by atoms with Gasteiger partial charge in [0.05, 0.1) is 0 Å². The summed E-state index contributed by atoms with van der Waals surface area (Å²) in [5.41, 5.74) is 0.301. The molecule has 1 aromatic carbocycles. The second kappa shape index (κ2) is 3.88. The zero-order chi connectivity index (χ0) is 9.84. The van der Waals surface area contributed by atoms with Gasteiger partial charge in [0.2, 0.25) is 6.10 Å². The lowest BCUT2D eigenvalue weighted by molar-refractivity contribution is -0.151. The van der Waals surface area contributed by atoms with Crippen molar-refractivity contribution >= 4 is 5.97 Å². The average Bonchev–Trinajstić information content (AvgIpc) is 2.04. The Morgan fingerprint density at radius 1 is 1.54 bits per heavy atom. The van der Waals surface area contributed by atoms with Crippen molar-refractivity contribution in [1.29, 1.82) is 0 Å². The van der Waals surface area contributed by atoms with Crippen LogP contribution in [-0.2, 0) is 9.63 Å². The SMILES string of the molecule is NOC(C(=O)O)c1cccc(O)c1. The maximum Gasteiger partial charge on any atom is 0.339 e. The fraction of sp³-hybridized carbons (Fsp3) is 0.125. The van der Waals surface area contributed by atoms with E-state index in [1.807, 2.05) is 0 Å². The van der Waals surface area contributed by atoms with Gasteiger partial charge in [0.25, 0.3) is 0 Å². The van der Waals surface area contributed by atoms with E-state index in [2.05, 4.69) is 4.84 Å². The molecular weight excluding hydrogens is 174 g/mol. The minimum atomic E-state index is -1.24. The summed E-state index contributed by atoms with van der Waals surface area (Å²) < 4.78 is 0. The molecule has 0 bridgehead atoms. The highest BCUT2D eigenvalue weighted by atomic mass is 16.6. The van der Waals surface area contributed by atoms with Crippen LogP contribution >= 0.6 is 0 Å². The lowest BCUT2D eigenvalue weighted by atomic mass is 10.1. The van der Waals surface area contributed by atoms with E-state index >= 15 is 0 Å². The molecule has 5 heteroatoms. The van der Waals surface area contributed by atoms with E-state index in [0.717, 1.165) is 0 Å². The number of phenols is 1. The zero-order valence-corrected chi connectivity index (χ0v) is 6.68. The number of carbonyl (C=O) groups is 1. The van der Waals surface area contributed by atoms with Crippen molar-refractivity contribution in [1.82, 2.24) is 0 Å². The van der Waals surface area contributed by atoms with Gasteiger partial charge in [0.1, 0.15) is 5.75 Å². The maximum absolute atomic E-state index is 10.6. The second-order valence-corrected chi connectivity index (χ2v) is 2.45. The minimum absolute atomic E-state index is 0.0270. The number of rotatable bonds is 3. The van der Waals surface area contributed by atoms with E-state index in [1.54, 1.807) is 0 Å². The van der Waals surface area contributed by atoms with Crippen LogP contribution in [0.4, 0.5) is 0 Å². The third-order valence-electron chi connectivity index (χ3n) is 1.53. The van der Waals surface area contributed by atoms with E-state index in [-0.39, 0.29) is 5.75 Å². The van der Waals surface area contributed by atoms with Crippen LogP contribution in [0.15, 0.2) is 24.3 Å². The Bertz CT molecular complexity index is 313. The van der Waals surface area contributed by atoms with Crippen LogP contribution in [0.2, 0.25) is 0 Å². The summed E-state index contributed by atoms with van der Waals surface area (Å²) in [4.78, 5) is 14.8. The van der Waals surface area contributed by atoms with Gasteiger partial charge in [0, 0.05) is 0 Å². The fourth-order valence-corrected chi connectivity index (χ4v) is 0.967. The Morgan fingerprint density at radius 3 is 2.69 bits per heavy atom. The highest BCUT2D eigenvalue weighted by Gasteiger charge is 2.19. The van der Waals surface area contributed by atoms with E-state index < -0.39 is 12.1 Å². The smallest absolute Gasteiger partial charge is 0.339 e. The Kier molecular flexibility index (Phi) is 2.84. The van der Waals surface area contributed by atoms with Gasteiger partial charge in [-0.1, -0.05) is 12.1 Å². The third-order valence-corrected chi connectivity index (χ3v) is 1.53. The first-order valence-corrected chi connectivity index (χ1v) is 3.52. The molecule has 0 spiro atoms. The van der Waals surface area contributed by atoms with Gasteiger partial charge < -0.3 is 10.2 Å². The molecule has 0 aliphatic rings. The van der Waals surface area contributed by atoms with Crippen LogP contribution in [0.5, 0.6) is 5.75 Å². The zero-order valence-electron chi connectivity index (χ0n) is 6.68. The van der Waals surface area contributed by atoms with E-state index in [9.17, 15) is 4.79 Å². The molecule has 0 fully saturated rings. The fourth-order valence-electron chi connectivity index (χ4n) is 0.967. The number of carboxylic acids is 1. The molecule has 1 aromatic rings. The number of hydrogen-bond donors (Lipinski definition) is 3. The average molecular weight is 183 g/mol. The van der Waals surface area contributed by atoms with Gasteiger partial charge in [-0.15, -0.1) is 0 Å². The summed E-state index contributed by atoms with van der Waals surface area (Å²) in [7, 11) is 0. The van der Waals surface area contributed by atoms with Crippen molar-refractivity contribution < 1.29 is 19.8 Å². The van der Waals surface area contributed by atoms with Gasteiger partial charge in [-0.25, -0.2) is 10.7 Å². The van der Waals surface area contributed by atoms with Gasteiger partial charge in [-0.05, 0) is 17.7 Å². The topological polar surface area (TPSA) is 92.8 Å². The highest BCUT2D eigenvalue weighted by molar-refractivity contribution is 5.74. The largest absolute Gasteiger partial charge is 0.508 e. The molecule has 70 valence electrons. The molecule has 0 radical (unpaired) electrons. The van der Waals surface area contributed by atoms with Crippen LogP contribution in [-0.4, -0.2) is 16.2 Å². The number of benzene rings is 1. The summed E-state index contributed by atoms with van der Waals surface area (Å²) in [5.74, 6) is 3.57. The number of phenolic OH excluding ortho intramolecular Hbond substituents is 1. The Morgan fingerprint density at radius 2 is 2.23 bits per heavy atom. The van der Waals surface area contributed by atoms with Crippen LogP contribution in [0.1, 0.15) is 11.7 Å². The van der Waals surface area contributed by atoms with Crippen molar-refractivity contribution in [2.45, 2.75) is 6.10 Å². The first-order chi connectivity index (χ1) is 6.15. The quantitative estimate of drug-likeness (QED) is 0.590. The van der Waals surface area contributed by atoms with Gasteiger partial charge in [0.15, 0.2) is 0 Å². The van der Waals surface area contributed by atoms with Crippen molar-refractivity contribution in [3.8, 4) is 5.75 Å². The molecule has 0 aromatic heterocycles. The first kappa shape index (κ1) is 9.50. The van der Waals surface area contributed by atoms with Crippen molar-refractivity contribution in [3.05, 3.63) is 29.8 Å². The van der Waals surface area contributed by atoms with Gasteiger partial charge in [-0.2, -0.15) is 0 Å². The predicted molar refractivity (Wildman–Crippen MR) is 43.8 cm³/mol.